The van der Waals surface area contributed by atoms with E-state index in [1.54, 1.807) is 0 Å². The fraction of sp³-hybridized carbons (Fsp3) is 0.250. The smallest absolute Gasteiger partial charge is 0.150 e. The molecule has 2 aromatic carbocycles. The molecule has 0 aromatic heterocycles. The Morgan fingerprint density at radius 2 is 1.70 bits per heavy atom. The number of hydrogen-bond donors (Lipinski definition) is 1. The first kappa shape index (κ1) is 13.6. The number of hydrogen-bond acceptors (Lipinski definition) is 1. The number of rotatable bonds is 3. The van der Waals surface area contributed by atoms with E-state index in [9.17, 15) is 8.78 Å². The largest absolute Gasteiger partial charge is 0.376 e. The van der Waals surface area contributed by atoms with Gasteiger partial charge in [-0.2, -0.15) is 0 Å². The van der Waals surface area contributed by atoms with Gasteiger partial charge in [0.1, 0.15) is 17.3 Å². The molecule has 104 valence electrons. The Kier molecular flexibility index (Phi) is 3.74. The summed E-state index contributed by atoms with van der Waals surface area (Å²) in [7, 11) is 0. The maximum absolute atomic E-state index is 13.7. The summed E-state index contributed by atoms with van der Waals surface area (Å²) in [5.74, 6) is -1.17. The fourth-order valence-electron chi connectivity index (χ4n) is 2.64. The van der Waals surface area contributed by atoms with E-state index in [0.717, 1.165) is 18.4 Å². The first-order valence-corrected chi connectivity index (χ1v) is 7.42. The quantitative estimate of drug-likeness (QED) is 0.845. The molecule has 0 spiro atoms. The molecule has 0 saturated carbocycles. The van der Waals surface area contributed by atoms with Crippen LogP contribution < -0.4 is 5.32 Å². The average Bonchev–Trinajstić information content (AvgIpc) is 2.84. The average molecular weight is 338 g/mol. The van der Waals surface area contributed by atoms with Gasteiger partial charge in [0.2, 0.25) is 0 Å². The van der Waals surface area contributed by atoms with Crippen LogP contribution in [0.15, 0.2) is 34.8 Å². The van der Waals surface area contributed by atoms with E-state index in [1.165, 1.54) is 29.7 Å². The summed E-state index contributed by atoms with van der Waals surface area (Å²) in [6.45, 7) is 0.419. The van der Waals surface area contributed by atoms with Crippen LogP contribution in [-0.4, -0.2) is 0 Å². The van der Waals surface area contributed by atoms with Gasteiger partial charge < -0.3 is 5.32 Å². The van der Waals surface area contributed by atoms with E-state index in [4.69, 9.17) is 0 Å². The van der Waals surface area contributed by atoms with Gasteiger partial charge in [0.05, 0.1) is 0 Å². The molecular weight excluding hydrogens is 324 g/mol. The number of benzene rings is 2. The number of aryl methyl sites for hydroxylation is 2. The molecule has 0 heterocycles. The van der Waals surface area contributed by atoms with E-state index >= 15 is 0 Å². The van der Waals surface area contributed by atoms with Crippen molar-refractivity contribution >= 4 is 21.6 Å². The molecule has 1 aliphatic carbocycles. The van der Waals surface area contributed by atoms with Crippen molar-refractivity contribution in [2.24, 2.45) is 0 Å². The molecule has 1 nitrogen and oxygen atoms in total. The van der Waals surface area contributed by atoms with Crippen LogP contribution in [0.3, 0.4) is 0 Å². The van der Waals surface area contributed by atoms with Gasteiger partial charge >= 0.3 is 0 Å². The summed E-state index contributed by atoms with van der Waals surface area (Å²) in [6.07, 6.45) is 3.44. The minimum absolute atomic E-state index is 0.0753. The second kappa shape index (κ2) is 5.52. The lowest BCUT2D eigenvalue weighted by atomic mass is 10.1. The molecule has 0 saturated heterocycles. The van der Waals surface area contributed by atoms with Crippen molar-refractivity contribution in [1.82, 2.24) is 0 Å². The van der Waals surface area contributed by atoms with Crippen LogP contribution in [0.1, 0.15) is 23.1 Å². The zero-order valence-electron chi connectivity index (χ0n) is 10.8. The highest BCUT2D eigenvalue weighted by Gasteiger charge is 2.12. The van der Waals surface area contributed by atoms with E-state index in [1.807, 2.05) is 6.07 Å². The highest BCUT2D eigenvalue weighted by Crippen LogP contribution is 2.26. The van der Waals surface area contributed by atoms with Crippen molar-refractivity contribution < 1.29 is 8.78 Å². The normalized spacial score (nSPS) is 13.3. The first-order valence-electron chi connectivity index (χ1n) is 6.62. The van der Waals surface area contributed by atoms with Gasteiger partial charge in [-0.3, -0.25) is 0 Å². The second-order valence-corrected chi connectivity index (χ2v) is 5.97. The Balaban J connectivity index is 1.77. The molecule has 0 unspecified atom stereocenters. The minimum atomic E-state index is -0.585. The fourth-order valence-corrected chi connectivity index (χ4v) is 3.04. The van der Waals surface area contributed by atoms with Crippen molar-refractivity contribution in [3.8, 4) is 0 Å². The molecule has 4 heteroatoms. The number of fused-ring (bicyclic) bond motifs is 1. The highest BCUT2D eigenvalue weighted by molar-refractivity contribution is 9.10. The summed E-state index contributed by atoms with van der Waals surface area (Å²) < 4.78 is 27.8. The Hall–Kier alpha value is -1.42. The molecule has 20 heavy (non-hydrogen) atoms. The van der Waals surface area contributed by atoms with Crippen LogP contribution >= 0.6 is 15.9 Å². The van der Waals surface area contributed by atoms with E-state index in [2.05, 4.69) is 33.4 Å². The SMILES string of the molecule is Fc1cc(Br)cc(F)c1NCc1ccc2c(c1)CCC2. The number of nitrogens with one attached hydrogen (secondary N) is 1. The zero-order valence-corrected chi connectivity index (χ0v) is 12.4. The lowest BCUT2D eigenvalue weighted by Crippen LogP contribution is -2.04. The summed E-state index contributed by atoms with van der Waals surface area (Å²) in [5, 5.41) is 2.85. The third kappa shape index (κ3) is 2.70. The molecule has 0 aliphatic heterocycles. The van der Waals surface area contributed by atoms with E-state index < -0.39 is 11.6 Å². The summed E-state index contributed by atoms with van der Waals surface area (Å²) in [4.78, 5) is 0. The Bertz CT molecular complexity index is 632. The van der Waals surface area contributed by atoms with Crippen molar-refractivity contribution in [2.75, 3.05) is 5.32 Å². The predicted octanol–water partition coefficient (Wildman–Crippen LogP) is 4.83. The zero-order chi connectivity index (χ0) is 14.1. The van der Waals surface area contributed by atoms with Crippen molar-refractivity contribution in [3.63, 3.8) is 0 Å². The summed E-state index contributed by atoms with van der Waals surface area (Å²) in [5.41, 5.74) is 3.73. The van der Waals surface area contributed by atoms with Crippen molar-refractivity contribution in [2.45, 2.75) is 25.8 Å². The van der Waals surface area contributed by atoms with Crippen LogP contribution in [0.2, 0.25) is 0 Å². The number of anilines is 1. The van der Waals surface area contributed by atoms with Gasteiger partial charge in [-0.05, 0) is 48.1 Å². The standard InChI is InChI=1S/C16H14BrF2N/c17-13-7-14(18)16(15(19)8-13)20-9-10-4-5-11-2-1-3-12(11)6-10/h4-8,20H,1-3,9H2. The lowest BCUT2D eigenvalue weighted by Gasteiger charge is -2.10. The maximum Gasteiger partial charge on any atom is 0.150 e. The van der Waals surface area contributed by atoms with Gasteiger partial charge in [-0.1, -0.05) is 34.1 Å². The summed E-state index contributed by atoms with van der Waals surface area (Å²) in [6, 6.07) is 8.78. The molecule has 0 bridgehead atoms. The monoisotopic (exact) mass is 337 g/mol. The molecule has 0 atom stereocenters. The van der Waals surface area contributed by atoms with Gasteiger partial charge in [0, 0.05) is 11.0 Å². The summed E-state index contributed by atoms with van der Waals surface area (Å²) >= 11 is 3.07. The third-order valence-corrected chi connectivity index (χ3v) is 4.10. The van der Waals surface area contributed by atoms with Crippen LogP contribution in [-0.2, 0) is 19.4 Å². The third-order valence-electron chi connectivity index (χ3n) is 3.64. The second-order valence-electron chi connectivity index (χ2n) is 5.05. The highest BCUT2D eigenvalue weighted by atomic mass is 79.9. The molecule has 1 N–H and O–H groups in total. The maximum atomic E-state index is 13.7. The van der Waals surface area contributed by atoms with Crippen LogP contribution in [0.4, 0.5) is 14.5 Å². The lowest BCUT2D eigenvalue weighted by molar-refractivity contribution is 0.586. The van der Waals surface area contributed by atoms with Crippen LogP contribution in [0.25, 0.3) is 0 Å². The molecule has 3 rings (SSSR count). The molecule has 1 aliphatic rings. The van der Waals surface area contributed by atoms with Crippen LogP contribution in [0.5, 0.6) is 0 Å². The number of halogens is 3. The predicted molar refractivity (Wildman–Crippen MR) is 79.9 cm³/mol. The van der Waals surface area contributed by atoms with Gasteiger partial charge in [-0.25, -0.2) is 8.78 Å². The Labute approximate surface area is 125 Å². The van der Waals surface area contributed by atoms with Gasteiger partial charge in [-0.15, -0.1) is 0 Å². The molecule has 0 amide bonds. The molecule has 0 radical (unpaired) electrons. The Morgan fingerprint density at radius 3 is 2.45 bits per heavy atom. The molecule has 2 aromatic rings. The van der Waals surface area contributed by atoms with Gasteiger partial charge in [0.25, 0.3) is 0 Å². The van der Waals surface area contributed by atoms with Crippen LogP contribution in [0, 0.1) is 11.6 Å². The van der Waals surface area contributed by atoms with Gasteiger partial charge in [0.15, 0.2) is 0 Å². The van der Waals surface area contributed by atoms with Crippen molar-refractivity contribution in [1.29, 1.82) is 0 Å². The van der Waals surface area contributed by atoms with E-state index in [0.29, 0.717) is 11.0 Å². The molecule has 0 fully saturated rings. The Morgan fingerprint density at radius 1 is 1.00 bits per heavy atom. The topological polar surface area (TPSA) is 12.0 Å². The molecular formula is C16H14BrF2N. The first-order chi connectivity index (χ1) is 9.63. The van der Waals surface area contributed by atoms with E-state index in [-0.39, 0.29) is 5.69 Å². The van der Waals surface area contributed by atoms with Crippen molar-refractivity contribution in [3.05, 3.63) is 63.1 Å². The minimum Gasteiger partial charge on any atom is -0.376 e.